The van der Waals surface area contributed by atoms with E-state index in [-0.39, 0.29) is 6.10 Å². The van der Waals surface area contributed by atoms with Gasteiger partial charge in [0.2, 0.25) is 0 Å². The maximum absolute atomic E-state index is 10.0. The highest BCUT2D eigenvalue weighted by molar-refractivity contribution is 4.91. The molecule has 2 rings (SSSR count). The predicted molar refractivity (Wildman–Crippen MR) is 66.5 cm³/mol. The molecular weight excluding hydrogens is 200 g/mol. The highest BCUT2D eigenvalue weighted by atomic mass is 16.3. The number of aliphatic hydroxyl groups is 1. The lowest BCUT2D eigenvalue weighted by atomic mass is 9.94. The molecular formula is C13H26N2O. The molecule has 1 saturated carbocycles. The van der Waals surface area contributed by atoms with Crippen LogP contribution < -0.4 is 0 Å². The van der Waals surface area contributed by atoms with Crippen LogP contribution in [0.15, 0.2) is 0 Å². The van der Waals surface area contributed by atoms with Gasteiger partial charge in [0.15, 0.2) is 0 Å². The Kier molecular flexibility index (Phi) is 4.22. The minimum Gasteiger partial charge on any atom is -0.393 e. The van der Waals surface area contributed by atoms with Crippen molar-refractivity contribution in [2.24, 2.45) is 5.92 Å². The molecule has 0 bridgehead atoms. The SMILES string of the molecule is CN(C)CCN1CCCC1C1CCCC1O. The normalized spacial score (nSPS) is 36.4. The monoisotopic (exact) mass is 226 g/mol. The fourth-order valence-electron chi connectivity index (χ4n) is 3.36. The first-order chi connectivity index (χ1) is 7.68. The summed E-state index contributed by atoms with van der Waals surface area (Å²) in [5, 5.41) is 10.0. The van der Waals surface area contributed by atoms with Crippen molar-refractivity contribution in [2.75, 3.05) is 33.7 Å². The summed E-state index contributed by atoms with van der Waals surface area (Å²) in [6.07, 6.45) is 6.10. The van der Waals surface area contributed by atoms with Gasteiger partial charge in [-0.2, -0.15) is 0 Å². The Morgan fingerprint density at radius 3 is 2.62 bits per heavy atom. The summed E-state index contributed by atoms with van der Waals surface area (Å²) in [4.78, 5) is 4.86. The molecule has 1 aliphatic heterocycles. The molecule has 3 unspecified atom stereocenters. The van der Waals surface area contributed by atoms with Gasteiger partial charge in [-0.1, -0.05) is 6.42 Å². The third kappa shape index (κ3) is 2.76. The summed E-state index contributed by atoms with van der Waals surface area (Å²) in [6, 6.07) is 0.664. The minimum absolute atomic E-state index is 0.0232. The van der Waals surface area contributed by atoms with Crippen LogP contribution in [0.4, 0.5) is 0 Å². The molecule has 94 valence electrons. The highest BCUT2D eigenvalue weighted by Crippen LogP contribution is 2.35. The third-order valence-corrected chi connectivity index (χ3v) is 4.27. The first-order valence-electron chi connectivity index (χ1n) is 6.75. The molecule has 0 spiro atoms. The summed E-state index contributed by atoms with van der Waals surface area (Å²) in [5.74, 6) is 0.560. The van der Waals surface area contributed by atoms with E-state index < -0.39 is 0 Å². The second-order valence-electron chi connectivity index (χ2n) is 5.71. The molecule has 2 aliphatic rings. The predicted octanol–water partition coefficient (Wildman–Crippen LogP) is 1.17. The van der Waals surface area contributed by atoms with Gasteiger partial charge in [-0.3, -0.25) is 4.90 Å². The van der Waals surface area contributed by atoms with E-state index in [1.54, 1.807) is 0 Å². The van der Waals surface area contributed by atoms with E-state index in [9.17, 15) is 5.11 Å². The van der Waals surface area contributed by atoms with E-state index in [2.05, 4.69) is 23.9 Å². The molecule has 3 heteroatoms. The van der Waals surface area contributed by atoms with Crippen molar-refractivity contribution < 1.29 is 5.11 Å². The summed E-state index contributed by atoms with van der Waals surface area (Å²) in [7, 11) is 4.27. The van der Waals surface area contributed by atoms with Gasteiger partial charge in [0, 0.05) is 25.0 Å². The standard InChI is InChI=1S/C13H26N2O/c1-14(2)9-10-15-8-4-6-12(15)11-5-3-7-13(11)16/h11-13,16H,3-10H2,1-2H3. The number of likely N-dealkylation sites (N-methyl/N-ethyl adjacent to an activating group) is 1. The maximum Gasteiger partial charge on any atom is 0.0583 e. The van der Waals surface area contributed by atoms with Gasteiger partial charge in [-0.15, -0.1) is 0 Å². The van der Waals surface area contributed by atoms with Crippen LogP contribution in [-0.2, 0) is 0 Å². The average Bonchev–Trinajstić information content (AvgIpc) is 2.82. The van der Waals surface area contributed by atoms with E-state index in [4.69, 9.17) is 0 Å². The van der Waals surface area contributed by atoms with E-state index in [0.29, 0.717) is 12.0 Å². The second kappa shape index (κ2) is 5.48. The van der Waals surface area contributed by atoms with Crippen LogP contribution in [0.1, 0.15) is 32.1 Å². The van der Waals surface area contributed by atoms with Crippen LogP contribution in [0.2, 0.25) is 0 Å². The lowest BCUT2D eigenvalue weighted by molar-refractivity contribution is 0.0722. The Morgan fingerprint density at radius 2 is 2.00 bits per heavy atom. The number of likely N-dealkylation sites (tertiary alicyclic amines) is 1. The fraction of sp³-hybridized carbons (Fsp3) is 1.00. The Balaban J connectivity index is 1.87. The fourth-order valence-corrected chi connectivity index (χ4v) is 3.36. The van der Waals surface area contributed by atoms with Crippen molar-refractivity contribution in [1.29, 1.82) is 0 Å². The summed E-state index contributed by atoms with van der Waals surface area (Å²) in [5.41, 5.74) is 0. The maximum atomic E-state index is 10.0. The van der Waals surface area contributed by atoms with E-state index >= 15 is 0 Å². The molecule has 1 aliphatic carbocycles. The number of hydrogen-bond acceptors (Lipinski definition) is 3. The van der Waals surface area contributed by atoms with Gasteiger partial charge in [0.05, 0.1) is 6.10 Å². The van der Waals surface area contributed by atoms with Crippen molar-refractivity contribution in [1.82, 2.24) is 9.80 Å². The van der Waals surface area contributed by atoms with Gasteiger partial charge in [-0.05, 0) is 46.3 Å². The van der Waals surface area contributed by atoms with Gasteiger partial charge < -0.3 is 10.0 Å². The number of aliphatic hydroxyl groups excluding tert-OH is 1. The molecule has 3 nitrogen and oxygen atoms in total. The highest BCUT2D eigenvalue weighted by Gasteiger charge is 2.37. The van der Waals surface area contributed by atoms with Crippen LogP contribution in [0.5, 0.6) is 0 Å². The minimum atomic E-state index is -0.0232. The first-order valence-corrected chi connectivity index (χ1v) is 6.75. The Bertz CT molecular complexity index is 220. The van der Waals surface area contributed by atoms with Gasteiger partial charge in [0.25, 0.3) is 0 Å². The van der Waals surface area contributed by atoms with Crippen LogP contribution in [0.25, 0.3) is 0 Å². The summed E-state index contributed by atoms with van der Waals surface area (Å²) >= 11 is 0. The largest absolute Gasteiger partial charge is 0.393 e. The zero-order valence-corrected chi connectivity index (χ0v) is 10.7. The molecule has 0 aromatic carbocycles. The van der Waals surface area contributed by atoms with E-state index in [0.717, 1.165) is 13.0 Å². The zero-order valence-electron chi connectivity index (χ0n) is 10.7. The molecule has 16 heavy (non-hydrogen) atoms. The third-order valence-electron chi connectivity index (χ3n) is 4.27. The summed E-state index contributed by atoms with van der Waals surface area (Å²) in [6.45, 7) is 3.54. The van der Waals surface area contributed by atoms with Crippen LogP contribution in [0.3, 0.4) is 0 Å². The van der Waals surface area contributed by atoms with Crippen LogP contribution >= 0.6 is 0 Å². The smallest absolute Gasteiger partial charge is 0.0583 e. The Hall–Kier alpha value is -0.120. The molecule has 3 atom stereocenters. The zero-order chi connectivity index (χ0) is 11.5. The molecule has 1 heterocycles. The van der Waals surface area contributed by atoms with Gasteiger partial charge in [0.1, 0.15) is 0 Å². The average molecular weight is 226 g/mol. The van der Waals surface area contributed by atoms with Crippen molar-refractivity contribution in [2.45, 2.75) is 44.2 Å². The lowest BCUT2D eigenvalue weighted by Gasteiger charge is -2.31. The van der Waals surface area contributed by atoms with E-state index in [1.165, 1.54) is 38.8 Å². The molecule has 0 aromatic rings. The lowest BCUT2D eigenvalue weighted by Crippen LogP contribution is -2.41. The molecule has 1 N–H and O–H groups in total. The quantitative estimate of drug-likeness (QED) is 0.779. The number of hydrogen-bond donors (Lipinski definition) is 1. The number of rotatable bonds is 4. The molecule has 0 amide bonds. The molecule has 2 fully saturated rings. The first kappa shape index (κ1) is 12.3. The topological polar surface area (TPSA) is 26.7 Å². The molecule has 1 saturated heterocycles. The Labute approximate surface area is 99.4 Å². The van der Waals surface area contributed by atoms with Crippen LogP contribution in [-0.4, -0.2) is 60.8 Å². The molecule has 0 aromatic heterocycles. The van der Waals surface area contributed by atoms with Gasteiger partial charge in [-0.25, -0.2) is 0 Å². The summed E-state index contributed by atoms with van der Waals surface area (Å²) < 4.78 is 0. The second-order valence-corrected chi connectivity index (χ2v) is 5.71. The molecule has 0 radical (unpaired) electrons. The van der Waals surface area contributed by atoms with Crippen LogP contribution in [0, 0.1) is 5.92 Å². The Morgan fingerprint density at radius 1 is 1.19 bits per heavy atom. The van der Waals surface area contributed by atoms with Crippen molar-refractivity contribution in [3.8, 4) is 0 Å². The number of nitrogens with zero attached hydrogens (tertiary/aromatic N) is 2. The van der Waals surface area contributed by atoms with Gasteiger partial charge >= 0.3 is 0 Å². The van der Waals surface area contributed by atoms with E-state index in [1.807, 2.05) is 0 Å². The van der Waals surface area contributed by atoms with Crippen molar-refractivity contribution in [3.63, 3.8) is 0 Å². The van der Waals surface area contributed by atoms with Crippen molar-refractivity contribution in [3.05, 3.63) is 0 Å². The van der Waals surface area contributed by atoms with Crippen molar-refractivity contribution >= 4 is 0 Å².